The Balaban J connectivity index is 1.89. The lowest BCUT2D eigenvalue weighted by Crippen LogP contribution is -2.37. The molecular formula is C29H33N5O4. The molecule has 9 nitrogen and oxygen atoms in total. The first kappa shape index (κ1) is 26.8. The highest BCUT2D eigenvalue weighted by Crippen LogP contribution is 2.28. The van der Waals surface area contributed by atoms with E-state index in [0.717, 1.165) is 17.7 Å². The number of aromatic nitrogens is 3. The number of pyridine rings is 1. The number of nitrogens with zero attached hydrogens (tertiary/aromatic N) is 4. The molecule has 0 aliphatic carbocycles. The van der Waals surface area contributed by atoms with Crippen LogP contribution in [0.4, 0.5) is 0 Å². The van der Waals surface area contributed by atoms with Gasteiger partial charge in [-0.15, -0.1) is 0 Å². The molecule has 9 heteroatoms. The average molecular weight is 516 g/mol. The van der Waals surface area contributed by atoms with E-state index in [1.165, 1.54) is 4.57 Å². The second-order valence-electron chi connectivity index (χ2n) is 9.68. The number of amides is 1. The van der Waals surface area contributed by atoms with Gasteiger partial charge in [0.15, 0.2) is 0 Å². The van der Waals surface area contributed by atoms with Crippen molar-refractivity contribution in [2.45, 2.75) is 33.0 Å². The first-order valence-electron chi connectivity index (χ1n) is 12.4. The maximum absolute atomic E-state index is 13.9. The van der Waals surface area contributed by atoms with E-state index in [4.69, 9.17) is 14.5 Å². The van der Waals surface area contributed by atoms with Crippen LogP contribution in [0.1, 0.15) is 19.4 Å². The lowest BCUT2D eigenvalue weighted by Gasteiger charge is -2.16. The van der Waals surface area contributed by atoms with Gasteiger partial charge in [0.25, 0.3) is 5.56 Å². The van der Waals surface area contributed by atoms with Crippen molar-refractivity contribution in [1.29, 1.82) is 0 Å². The third-order valence-electron chi connectivity index (χ3n) is 5.92. The molecule has 0 aliphatic heterocycles. The smallest absolute Gasteiger partial charge is 0.262 e. The van der Waals surface area contributed by atoms with Crippen LogP contribution in [0.5, 0.6) is 11.5 Å². The van der Waals surface area contributed by atoms with Gasteiger partial charge in [0.05, 0.1) is 37.0 Å². The standard InChI is InChI=1S/C29H33N5O4/c1-18(2)31-27(35)17-34-28(20-8-7-9-22(12-20)37-5)32-26-15-30-25(14-24(26)29(34)36)21-10-19(16-33(3)4)11-23(13-21)38-6/h7-15,18H,16-17H2,1-6H3,(H,31,35). The Kier molecular flexibility index (Phi) is 8.07. The summed E-state index contributed by atoms with van der Waals surface area (Å²) < 4.78 is 12.3. The molecule has 0 bridgehead atoms. The van der Waals surface area contributed by atoms with Crippen molar-refractivity contribution in [2.24, 2.45) is 0 Å². The van der Waals surface area contributed by atoms with Crippen molar-refractivity contribution in [3.05, 3.63) is 70.6 Å². The topological polar surface area (TPSA) is 98.6 Å². The number of nitrogens with one attached hydrogen (secondary N) is 1. The van der Waals surface area contributed by atoms with E-state index in [0.29, 0.717) is 39.5 Å². The molecule has 38 heavy (non-hydrogen) atoms. The van der Waals surface area contributed by atoms with E-state index < -0.39 is 0 Å². The number of carbonyl (C=O) groups is 1. The maximum Gasteiger partial charge on any atom is 0.262 e. The molecule has 2 aromatic carbocycles. The fourth-order valence-corrected chi connectivity index (χ4v) is 4.31. The van der Waals surface area contributed by atoms with Crippen LogP contribution in [0.3, 0.4) is 0 Å². The Morgan fingerprint density at radius 2 is 1.76 bits per heavy atom. The predicted octanol–water partition coefficient (Wildman–Crippen LogP) is 3.73. The summed E-state index contributed by atoms with van der Waals surface area (Å²) in [6.45, 7) is 4.30. The van der Waals surface area contributed by atoms with Crippen LogP contribution in [0.15, 0.2) is 59.5 Å². The summed E-state index contributed by atoms with van der Waals surface area (Å²) in [5.74, 6) is 1.41. The van der Waals surface area contributed by atoms with E-state index in [-0.39, 0.29) is 24.1 Å². The molecule has 0 unspecified atom stereocenters. The predicted molar refractivity (Wildman–Crippen MR) is 148 cm³/mol. The number of carbonyl (C=O) groups excluding carboxylic acids is 1. The number of ether oxygens (including phenoxy) is 2. The number of hydrogen-bond acceptors (Lipinski definition) is 7. The summed E-state index contributed by atoms with van der Waals surface area (Å²) in [4.78, 5) is 38.1. The van der Waals surface area contributed by atoms with Gasteiger partial charge >= 0.3 is 0 Å². The summed E-state index contributed by atoms with van der Waals surface area (Å²) in [7, 11) is 7.19. The molecule has 0 fully saturated rings. The van der Waals surface area contributed by atoms with Crippen LogP contribution in [-0.2, 0) is 17.9 Å². The van der Waals surface area contributed by atoms with E-state index in [2.05, 4.69) is 15.2 Å². The second kappa shape index (κ2) is 11.4. The molecule has 2 aromatic heterocycles. The van der Waals surface area contributed by atoms with Crippen molar-refractivity contribution < 1.29 is 14.3 Å². The van der Waals surface area contributed by atoms with Crippen molar-refractivity contribution in [2.75, 3.05) is 28.3 Å². The first-order chi connectivity index (χ1) is 18.2. The molecule has 0 spiro atoms. The summed E-state index contributed by atoms with van der Waals surface area (Å²) in [5.41, 5.74) is 3.26. The fourth-order valence-electron chi connectivity index (χ4n) is 4.31. The molecule has 2 heterocycles. The molecule has 0 aliphatic rings. The van der Waals surface area contributed by atoms with E-state index in [1.54, 1.807) is 32.5 Å². The third-order valence-corrected chi connectivity index (χ3v) is 5.92. The van der Waals surface area contributed by atoms with Gasteiger partial charge < -0.3 is 19.7 Å². The summed E-state index contributed by atoms with van der Waals surface area (Å²) in [5, 5.41) is 3.23. The largest absolute Gasteiger partial charge is 0.497 e. The third kappa shape index (κ3) is 6.00. The molecule has 4 aromatic rings. The van der Waals surface area contributed by atoms with Crippen molar-refractivity contribution >= 4 is 16.8 Å². The van der Waals surface area contributed by atoms with E-state index in [9.17, 15) is 9.59 Å². The van der Waals surface area contributed by atoms with Gasteiger partial charge in [-0.2, -0.15) is 0 Å². The number of fused-ring (bicyclic) bond motifs is 1. The van der Waals surface area contributed by atoms with Crippen LogP contribution >= 0.6 is 0 Å². The Morgan fingerprint density at radius 1 is 1.03 bits per heavy atom. The Morgan fingerprint density at radius 3 is 2.45 bits per heavy atom. The van der Waals surface area contributed by atoms with Gasteiger partial charge in [0, 0.05) is 23.7 Å². The van der Waals surface area contributed by atoms with Gasteiger partial charge in [-0.25, -0.2) is 4.98 Å². The zero-order valence-corrected chi connectivity index (χ0v) is 22.6. The molecule has 0 saturated heterocycles. The number of rotatable bonds is 9. The number of methoxy groups -OCH3 is 2. The van der Waals surface area contributed by atoms with Crippen molar-refractivity contribution in [3.63, 3.8) is 0 Å². The highest BCUT2D eigenvalue weighted by atomic mass is 16.5. The monoisotopic (exact) mass is 515 g/mol. The molecule has 1 amide bonds. The van der Waals surface area contributed by atoms with Gasteiger partial charge in [-0.1, -0.05) is 12.1 Å². The van der Waals surface area contributed by atoms with Gasteiger partial charge in [-0.3, -0.25) is 19.1 Å². The van der Waals surface area contributed by atoms with Crippen LogP contribution in [0.2, 0.25) is 0 Å². The molecule has 1 N–H and O–H groups in total. The normalized spacial score (nSPS) is 11.3. The quantitative estimate of drug-likeness (QED) is 0.363. The lowest BCUT2D eigenvalue weighted by molar-refractivity contribution is -0.122. The highest BCUT2D eigenvalue weighted by molar-refractivity contribution is 5.84. The van der Waals surface area contributed by atoms with Gasteiger partial charge in [0.1, 0.15) is 23.9 Å². The van der Waals surface area contributed by atoms with Crippen LogP contribution < -0.4 is 20.3 Å². The molecule has 0 saturated carbocycles. The summed E-state index contributed by atoms with van der Waals surface area (Å²) in [6.07, 6.45) is 1.60. The minimum absolute atomic E-state index is 0.0629. The zero-order valence-electron chi connectivity index (χ0n) is 22.6. The summed E-state index contributed by atoms with van der Waals surface area (Å²) >= 11 is 0. The van der Waals surface area contributed by atoms with Gasteiger partial charge in [0.2, 0.25) is 5.91 Å². The highest BCUT2D eigenvalue weighted by Gasteiger charge is 2.18. The second-order valence-corrected chi connectivity index (χ2v) is 9.68. The lowest BCUT2D eigenvalue weighted by atomic mass is 10.1. The fraction of sp³-hybridized carbons (Fsp3) is 0.310. The number of hydrogen-bond donors (Lipinski definition) is 1. The minimum atomic E-state index is -0.327. The Hall–Kier alpha value is -4.24. The van der Waals surface area contributed by atoms with E-state index >= 15 is 0 Å². The molecule has 198 valence electrons. The minimum Gasteiger partial charge on any atom is -0.497 e. The van der Waals surface area contributed by atoms with Gasteiger partial charge in [-0.05, 0) is 69.9 Å². The SMILES string of the molecule is COc1cc(CN(C)C)cc(-c2cc3c(=O)n(CC(=O)NC(C)C)c(-c4cccc(OC)c4)nc3cn2)c1. The molecule has 0 atom stereocenters. The molecular weight excluding hydrogens is 482 g/mol. The van der Waals surface area contributed by atoms with Crippen LogP contribution in [0, 0.1) is 0 Å². The average Bonchev–Trinajstić information content (AvgIpc) is 2.89. The maximum atomic E-state index is 13.9. The molecule has 4 rings (SSSR count). The first-order valence-corrected chi connectivity index (χ1v) is 12.4. The number of benzene rings is 2. The molecule has 0 radical (unpaired) electrons. The van der Waals surface area contributed by atoms with Crippen LogP contribution in [-0.4, -0.2) is 59.7 Å². The zero-order chi connectivity index (χ0) is 27.4. The van der Waals surface area contributed by atoms with Crippen molar-refractivity contribution in [3.8, 4) is 34.1 Å². The summed E-state index contributed by atoms with van der Waals surface area (Å²) in [6, 6.07) is 14.8. The Labute approximate surface area is 222 Å². The van der Waals surface area contributed by atoms with Crippen molar-refractivity contribution in [1.82, 2.24) is 24.8 Å². The van der Waals surface area contributed by atoms with Crippen LogP contribution in [0.25, 0.3) is 33.5 Å². The van der Waals surface area contributed by atoms with E-state index in [1.807, 2.05) is 64.3 Å². The Bertz CT molecular complexity index is 1530.